The summed E-state index contributed by atoms with van der Waals surface area (Å²) in [5.74, 6) is 0. The first-order valence-corrected chi connectivity index (χ1v) is 8.64. The van der Waals surface area contributed by atoms with E-state index in [9.17, 15) is 8.42 Å². The van der Waals surface area contributed by atoms with Gasteiger partial charge in [0.1, 0.15) is 0 Å². The summed E-state index contributed by atoms with van der Waals surface area (Å²) < 4.78 is 22.9. The van der Waals surface area contributed by atoms with Gasteiger partial charge in [-0.1, -0.05) is 12.1 Å². The average Bonchev–Trinajstić information content (AvgIpc) is 3.01. The zero-order chi connectivity index (χ0) is 14.9. The Balaban J connectivity index is 2.07. The molecule has 6 heteroatoms. The smallest absolute Gasteiger partial charge is 0.238 e. The Kier molecular flexibility index (Phi) is 3.59. The second-order valence-corrected chi connectivity index (χ2v) is 6.89. The number of hydrogen-bond donors (Lipinski definition) is 1. The maximum absolute atomic E-state index is 11.4. The van der Waals surface area contributed by atoms with Crippen molar-refractivity contribution in [1.29, 1.82) is 0 Å². The minimum Gasteiger partial charge on any atom is -0.263 e. The van der Waals surface area contributed by atoms with Gasteiger partial charge in [0.2, 0.25) is 10.0 Å². The van der Waals surface area contributed by atoms with Crippen LogP contribution in [0.2, 0.25) is 0 Å². The maximum Gasteiger partial charge on any atom is 0.238 e. The Morgan fingerprint density at radius 1 is 0.952 bits per heavy atom. The van der Waals surface area contributed by atoms with Crippen LogP contribution in [0, 0.1) is 0 Å². The standard InChI is InChI=1S/C15H12N2O2S2/c16-21(18,19)15-3-1-2-11(7-15)13-6-14(9-17-8-13)12-4-5-20-10-12/h1-10H,(H2,16,18,19). The molecule has 0 saturated carbocycles. The first kappa shape index (κ1) is 13.9. The highest BCUT2D eigenvalue weighted by Gasteiger charge is 2.09. The number of pyridine rings is 1. The summed E-state index contributed by atoms with van der Waals surface area (Å²) in [5.41, 5.74) is 3.71. The van der Waals surface area contributed by atoms with Gasteiger partial charge in [-0.15, -0.1) is 0 Å². The van der Waals surface area contributed by atoms with Crippen molar-refractivity contribution in [3.8, 4) is 22.3 Å². The van der Waals surface area contributed by atoms with Crippen LogP contribution in [0.3, 0.4) is 0 Å². The van der Waals surface area contributed by atoms with Crippen molar-refractivity contribution in [1.82, 2.24) is 4.98 Å². The number of sulfonamides is 1. The number of benzene rings is 1. The molecule has 2 aromatic heterocycles. The van der Waals surface area contributed by atoms with E-state index < -0.39 is 10.0 Å². The van der Waals surface area contributed by atoms with E-state index in [1.165, 1.54) is 6.07 Å². The number of primary sulfonamides is 1. The Morgan fingerprint density at radius 2 is 1.71 bits per heavy atom. The molecule has 0 aliphatic carbocycles. The Hall–Kier alpha value is -2.02. The molecular formula is C15H12N2O2S2. The fraction of sp³-hybridized carbons (Fsp3) is 0. The molecule has 4 nitrogen and oxygen atoms in total. The van der Waals surface area contributed by atoms with E-state index in [1.54, 1.807) is 35.9 Å². The predicted molar refractivity (Wildman–Crippen MR) is 84.4 cm³/mol. The number of nitrogens with zero attached hydrogens (tertiary/aromatic N) is 1. The highest BCUT2D eigenvalue weighted by atomic mass is 32.2. The van der Waals surface area contributed by atoms with Crippen LogP contribution in [-0.4, -0.2) is 13.4 Å². The van der Waals surface area contributed by atoms with Crippen molar-refractivity contribution in [3.63, 3.8) is 0 Å². The molecule has 0 amide bonds. The van der Waals surface area contributed by atoms with Gasteiger partial charge in [-0.3, -0.25) is 4.98 Å². The van der Waals surface area contributed by atoms with Gasteiger partial charge < -0.3 is 0 Å². The fourth-order valence-corrected chi connectivity index (χ4v) is 3.26. The van der Waals surface area contributed by atoms with Gasteiger partial charge in [0.15, 0.2) is 0 Å². The minimum absolute atomic E-state index is 0.0981. The number of aromatic nitrogens is 1. The first-order valence-electron chi connectivity index (χ1n) is 6.15. The molecule has 3 rings (SSSR count). The van der Waals surface area contributed by atoms with Gasteiger partial charge in [-0.05, 0) is 46.2 Å². The Morgan fingerprint density at radius 3 is 2.38 bits per heavy atom. The summed E-state index contributed by atoms with van der Waals surface area (Å²) in [6, 6.07) is 10.6. The van der Waals surface area contributed by atoms with Crippen molar-refractivity contribution in [2.45, 2.75) is 4.90 Å². The lowest BCUT2D eigenvalue weighted by molar-refractivity contribution is 0.598. The van der Waals surface area contributed by atoms with Crippen molar-refractivity contribution in [3.05, 3.63) is 59.6 Å². The van der Waals surface area contributed by atoms with Crippen LogP contribution in [-0.2, 0) is 10.0 Å². The van der Waals surface area contributed by atoms with E-state index in [4.69, 9.17) is 5.14 Å². The molecule has 2 heterocycles. The molecule has 0 saturated heterocycles. The summed E-state index contributed by atoms with van der Waals surface area (Å²) in [6.07, 6.45) is 3.49. The molecule has 0 spiro atoms. The number of nitrogens with two attached hydrogens (primary N) is 1. The van der Waals surface area contributed by atoms with Crippen LogP contribution in [0.5, 0.6) is 0 Å². The quantitative estimate of drug-likeness (QED) is 0.807. The number of rotatable bonds is 3. The highest BCUT2D eigenvalue weighted by molar-refractivity contribution is 7.89. The molecule has 21 heavy (non-hydrogen) atoms. The van der Waals surface area contributed by atoms with Gasteiger partial charge in [0, 0.05) is 23.5 Å². The molecule has 0 unspecified atom stereocenters. The van der Waals surface area contributed by atoms with Crippen molar-refractivity contribution < 1.29 is 8.42 Å². The van der Waals surface area contributed by atoms with Crippen molar-refractivity contribution in [2.24, 2.45) is 5.14 Å². The summed E-state index contributed by atoms with van der Waals surface area (Å²) in [6.45, 7) is 0. The number of hydrogen-bond acceptors (Lipinski definition) is 4. The van der Waals surface area contributed by atoms with E-state index in [0.29, 0.717) is 0 Å². The third-order valence-electron chi connectivity index (χ3n) is 3.09. The third-order valence-corrected chi connectivity index (χ3v) is 4.68. The molecule has 0 fully saturated rings. The fourth-order valence-electron chi connectivity index (χ4n) is 2.04. The molecule has 0 aliphatic rings. The van der Waals surface area contributed by atoms with Gasteiger partial charge in [-0.25, -0.2) is 13.6 Å². The minimum atomic E-state index is -3.71. The largest absolute Gasteiger partial charge is 0.263 e. The Bertz CT molecular complexity index is 872. The molecule has 0 atom stereocenters. The average molecular weight is 316 g/mol. The van der Waals surface area contributed by atoms with Gasteiger partial charge in [0.25, 0.3) is 0 Å². The zero-order valence-electron chi connectivity index (χ0n) is 10.9. The molecule has 0 bridgehead atoms. The maximum atomic E-state index is 11.4. The molecule has 3 aromatic rings. The third kappa shape index (κ3) is 3.02. The van der Waals surface area contributed by atoms with Crippen LogP contribution in [0.1, 0.15) is 0 Å². The van der Waals surface area contributed by atoms with E-state index in [0.717, 1.165) is 22.3 Å². The second kappa shape index (κ2) is 5.40. The summed E-state index contributed by atoms with van der Waals surface area (Å²) >= 11 is 1.62. The van der Waals surface area contributed by atoms with Crippen molar-refractivity contribution >= 4 is 21.4 Å². The summed E-state index contributed by atoms with van der Waals surface area (Å²) in [5, 5.41) is 9.22. The van der Waals surface area contributed by atoms with E-state index >= 15 is 0 Å². The molecule has 2 N–H and O–H groups in total. The number of thiophene rings is 1. The molecule has 0 radical (unpaired) electrons. The molecular weight excluding hydrogens is 304 g/mol. The van der Waals surface area contributed by atoms with E-state index in [-0.39, 0.29) is 4.90 Å². The van der Waals surface area contributed by atoms with E-state index in [2.05, 4.69) is 4.98 Å². The Labute approximate surface area is 127 Å². The molecule has 106 valence electrons. The van der Waals surface area contributed by atoms with Crippen LogP contribution < -0.4 is 5.14 Å². The SMILES string of the molecule is NS(=O)(=O)c1cccc(-c2cncc(-c3ccsc3)c2)c1. The first-order chi connectivity index (χ1) is 10.0. The van der Waals surface area contributed by atoms with Crippen LogP contribution in [0.15, 0.2) is 64.4 Å². The molecule has 1 aromatic carbocycles. The lowest BCUT2D eigenvalue weighted by Crippen LogP contribution is -2.11. The van der Waals surface area contributed by atoms with Crippen LogP contribution >= 0.6 is 11.3 Å². The zero-order valence-corrected chi connectivity index (χ0v) is 12.6. The second-order valence-electron chi connectivity index (χ2n) is 4.55. The van der Waals surface area contributed by atoms with E-state index in [1.807, 2.05) is 29.0 Å². The van der Waals surface area contributed by atoms with Crippen molar-refractivity contribution in [2.75, 3.05) is 0 Å². The normalized spacial score (nSPS) is 11.5. The van der Waals surface area contributed by atoms with Gasteiger partial charge in [0.05, 0.1) is 4.90 Å². The van der Waals surface area contributed by atoms with Crippen LogP contribution in [0.4, 0.5) is 0 Å². The van der Waals surface area contributed by atoms with Gasteiger partial charge in [-0.2, -0.15) is 11.3 Å². The summed E-state index contributed by atoms with van der Waals surface area (Å²) in [7, 11) is -3.71. The lowest BCUT2D eigenvalue weighted by Gasteiger charge is -2.06. The predicted octanol–water partition coefficient (Wildman–Crippen LogP) is 3.12. The molecule has 0 aliphatic heterocycles. The van der Waals surface area contributed by atoms with Gasteiger partial charge >= 0.3 is 0 Å². The lowest BCUT2D eigenvalue weighted by atomic mass is 10.0. The van der Waals surface area contributed by atoms with Crippen LogP contribution in [0.25, 0.3) is 22.3 Å². The summed E-state index contributed by atoms with van der Waals surface area (Å²) in [4.78, 5) is 4.33. The topological polar surface area (TPSA) is 73.1 Å². The monoisotopic (exact) mass is 316 g/mol. The highest BCUT2D eigenvalue weighted by Crippen LogP contribution is 2.27.